The first-order chi connectivity index (χ1) is 9.00. The smallest absolute Gasteiger partial charge is 0.220 e. The lowest BCUT2D eigenvalue weighted by Gasteiger charge is -2.13. The van der Waals surface area contributed by atoms with Crippen molar-refractivity contribution in [3.05, 3.63) is 35.9 Å². The molecule has 0 bridgehead atoms. The number of hydrogen-bond donors (Lipinski definition) is 2. The summed E-state index contributed by atoms with van der Waals surface area (Å²) in [6, 6.07) is 9.62. The molecule has 1 amide bonds. The third kappa shape index (κ3) is 5.98. The first kappa shape index (κ1) is 15.9. The average Bonchev–Trinajstić information content (AvgIpc) is 2.42. The SMILES string of the molecule is CC(CNC(=O)CCC(N)c1ccccc1)S(C)=O. The molecule has 0 heterocycles. The van der Waals surface area contributed by atoms with Crippen LogP contribution in [0.4, 0.5) is 0 Å². The second-order valence-electron chi connectivity index (χ2n) is 4.67. The third-order valence-electron chi connectivity index (χ3n) is 3.06. The van der Waals surface area contributed by atoms with Crippen LogP contribution in [-0.4, -0.2) is 28.2 Å². The van der Waals surface area contributed by atoms with Crippen molar-refractivity contribution < 1.29 is 9.00 Å². The van der Waals surface area contributed by atoms with Crippen LogP contribution >= 0.6 is 0 Å². The highest BCUT2D eigenvalue weighted by molar-refractivity contribution is 7.84. The van der Waals surface area contributed by atoms with Gasteiger partial charge in [0, 0.05) is 41.3 Å². The van der Waals surface area contributed by atoms with Crippen LogP contribution in [0.3, 0.4) is 0 Å². The van der Waals surface area contributed by atoms with Crippen LogP contribution < -0.4 is 11.1 Å². The minimum absolute atomic E-state index is 0.0215. The minimum atomic E-state index is -0.909. The fourth-order valence-electron chi connectivity index (χ4n) is 1.62. The van der Waals surface area contributed by atoms with Crippen molar-refractivity contribution in [1.29, 1.82) is 0 Å². The summed E-state index contributed by atoms with van der Waals surface area (Å²) in [6.07, 6.45) is 2.64. The zero-order valence-corrected chi connectivity index (χ0v) is 12.3. The molecular weight excluding hydrogens is 260 g/mol. The summed E-state index contributed by atoms with van der Waals surface area (Å²) in [5.41, 5.74) is 7.06. The van der Waals surface area contributed by atoms with Gasteiger partial charge in [-0.25, -0.2) is 0 Å². The van der Waals surface area contributed by atoms with Gasteiger partial charge in [0.2, 0.25) is 5.91 Å². The number of nitrogens with one attached hydrogen (secondary N) is 1. The fourth-order valence-corrected chi connectivity index (χ4v) is 1.93. The molecule has 0 saturated carbocycles. The van der Waals surface area contributed by atoms with E-state index in [9.17, 15) is 9.00 Å². The van der Waals surface area contributed by atoms with E-state index in [0.717, 1.165) is 5.56 Å². The number of carbonyl (C=O) groups is 1. The predicted molar refractivity (Wildman–Crippen MR) is 79.1 cm³/mol. The Bertz CT molecular complexity index is 423. The summed E-state index contributed by atoms with van der Waals surface area (Å²) in [5.74, 6) is -0.0383. The number of rotatable bonds is 7. The normalized spacial score (nSPS) is 15.5. The molecule has 0 radical (unpaired) electrons. The maximum absolute atomic E-state index is 11.6. The van der Waals surface area contributed by atoms with Crippen LogP contribution in [0.2, 0.25) is 0 Å². The second-order valence-corrected chi connectivity index (χ2v) is 6.47. The van der Waals surface area contributed by atoms with E-state index in [0.29, 0.717) is 19.4 Å². The van der Waals surface area contributed by atoms with Crippen LogP contribution in [0.15, 0.2) is 30.3 Å². The molecule has 19 heavy (non-hydrogen) atoms. The van der Waals surface area contributed by atoms with Crippen LogP contribution in [0.1, 0.15) is 31.4 Å². The number of benzene rings is 1. The quantitative estimate of drug-likeness (QED) is 0.793. The maximum Gasteiger partial charge on any atom is 0.220 e. The molecule has 3 atom stereocenters. The Kier molecular flexibility index (Phi) is 6.73. The van der Waals surface area contributed by atoms with Gasteiger partial charge in [-0.2, -0.15) is 0 Å². The Morgan fingerprint density at radius 3 is 2.58 bits per heavy atom. The van der Waals surface area contributed by atoms with Gasteiger partial charge in [-0.1, -0.05) is 30.3 Å². The predicted octanol–water partition coefficient (Wildman–Crippen LogP) is 1.35. The van der Waals surface area contributed by atoms with Crippen molar-refractivity contribution in [1.82, 2.24) is 5.32 Å². The fraction of sp³-hybridized carbons (Fsp3) is 0.500. The van der Waals surface area contributed by atoms with E-state index in [1.54, 1.807) is 6.26 Å². The van der Waals surface area contributed by atoms with E-state index in [2.05, 4.69) is 5.32 Å². The maximum atomic E-state index is 11.6. The van der Waals surface area contributed by atoms with E-state index in [4.69, 9.17) is 5.73 Å². The second kappa shape index (κ2) is 8.07. The van der Waals surface area contributed by atoms with E-state index in [1.807, 2.05) is 37.3 Å². The monoisotopic (exact) mass is 282 g/mol. The van der Waals surface area contributed by atoms with Crippen LogP contribution in [-0.2, 0) is 15.6 Å². The van der Waals surface area contributed by atoms with Crippen molar-refractivity contribution in [2.45, 2.75) is 31.1 Å². The summed E-state index contributed by atoms with van der Waals surface area (Å²) in [7, 11) is -0.909. The molecule has 0 fully saturated rings. The van der Waals surface area contributed by atoms with Gasteiger partial charge in [0.15, 0.2) is 0 Å². The first-order valence-corrected chi connectivity index (χ1v) is 8.02. The van der Waals surface area contributed by atoms with Gasteiger partial charge < -0.3 is 11.1 Å². The van der Waals surface area contributed by atoms with Crippen LogP contribution in [0, 0.1) is 0 Å². The van der Waals surface area contributed by atoms with Crippen molar-refractivity contribution in [2.24, 2.45) is 5.73 Å². The average molecular weight is 282 g/mol. The highest BCUT2D eigenvalue weighted by Gasteiger charge is 2.11. The number of hydrogen-bond acceptors (Lipinski definition) is 3. The van der Waals surface area contributed by atoms with Crippen molar-refractivity contribution >= 4 is 16.7 Å². The first-order valence-electron chi connectivity index (χ1n) is 6.40. The molecule has 4 nitrogen and oxygen atoms in total. The molecule has 0 saturated heterocycles. The number of nitrogens with two attached hydrogens (primary N) is 1. The molecule has 3 unspecified atom stereocenters. The van der Waals surface area contributed by atoms with Crippen LogP contribution in [0.5, 0.6) is 0 Å². The Balaban J connectivity index is 2.29. The molecule has 0 aliphatic rings. The lowest BCUT2D eigenvalue weighted by atomic mass is 10.0. The number of carbonyl (C=O) groups excluding carboxylic acids is 1. The van der Waals surface area contributed by atoms with Crippen molar-refractivity contribution in [3.63, 3.8) is 0 Å². The largest absolute Gasteiger partial charge is 0.355 e. The van der Waals surface area contributed by atoms with Gasteiger partial charge >= 0.3 is 0 Å². The molecule has 0 aliphatic carbocycles. The lowest BCUT2D eigenvalue weighted by Crippen LogP contribution is -2.32. The topological polar surface area (TPSA) is 72.2 Å². The molecule has 5 heteroatoms. The van der Waals surface area contributed by atoms with Gasteiger partial charge in [-0.05, 0) is 18.9 Å². The van der Waals surface area contributed by atoms with Gasteiger partial charge in [-0.3, -0.25) is 9.00 Å². The summed E-state index contributed by atoms with van der Waals surface area (Å²) in [6.45, 7) is 2.30. The molecule has 1 rings (SSSR count). The molecule has 0 aromatic heterocycles. The number of amides is 1. The third-order valence-corrected chi connectivity index (χ3v) is 4.36. The Hall–Kier alpha value is -1.20. The van der Waals surface area contributed by atoms with Crippen molar-refractivity contribution in [2.75, 3.05) is 12.8 Å². The van der Waals surface area contributed by atoms with Gasteiger partial charge in [-0.15, -0.1) is 0 Å². The summed E-state index contributed by atoms with van der Waals surface area (Å²) in [5, 5.41) is 2.76. The minimum Gasteiger partial charge on any atom is -0.355 e. The van der Waals surface area contributed by atoms with E-state index in [-0.39, 0.29) is 17.2 Å². The summed E-state index contributed by atoms with van der Waals surface area (Å²) < 4.78 is 11.1. The van der Waals surface area contributed by atoms with Crippen molar-refractivity contribution in [3.8, 4) is 0 Å². The van der Waals surface area contributed by atoms with E-state index >= 15 is 0 Å². The highest BCUT2D eigenvalue weighted by atomic mass is 32.2. The zero-order chi connectivity index (χ0) is 14.3. The molecule has 1 aromatic carbocycles. The molecular formula is C14H22N2O2S. The van der Waals surface area contributed by atoms with Gasteiger partial charge in [0.05, 0.1) is 0 Å². The van der Waals surface area contributed by atoms with E-state index in [1.165, 1.54) is 0 Å². The molecule has 1 aromatic rings. The zero-order valence-electron chi connectivity index (χ0n) is 11.5. The lowest BCUT2D eigenvalue weighted by molar-refractivity contribution is -0.121. The van der Waals surface area contributed by atoms with E-state index < -0.39 is 10.8 Å². The van der Waals surface area contributed by atoms with Crippen LogP contribution in [0.25, 0.3) is 0 Å². The van der Waals surface area contributed by atoms with Gasteiger partial charge in [0.1, 0.15) is 0 Å². The Morgan fingerprint density at radius 1 is 1.37 bits per heavy atom. The standard InChI is InChI=1S/C14H22N2O2S/c1-11(19(2)18)10-16-14(17)9-8-13(15)12-6-4-3-5-7-12/h3-7,11,13H,8-10,15H2,1-2H3,(H,16,17). The summed E-state index contributed by atoms with van der Waals surface area (Å²) >= 11 is 0. The highest BCUT2D eigenvalue weighted by Crippen LogP contribution is 2.14. The molecule has 3 N–H and O–H groups in total. The van der Waals surface area contributed by atoms with Gasteiger partial charge in [0.25, 0.3) is 0 Å². The molecule has 106 valence electrons. The Labute approximate surface area is 117 Å². The molecule has 0 spiro atoms. The Morgan fingerprint density at radius 2 is 2.00 bits per heavy atom. The molecule has 0 aliphatic heterocycles. The summed E-state index contributed by atoms with van der Waals surface area (Å²) in [4.78, 5) is 11.6.